The smallest absolute Gasteiger partial charge is 0.123 e. The Hall–Kier alpha value is -0.540. The topological polar surface area (TPSA) is 20.2 Å². The monoisotopic (exact) mass is 256 g/mol. The Bertz CT molecular complexity index is 354. The highest BCUT2D eigenvalue weighted by Crippen LogP contribution is 2.18. The van der Waals surface area contributed by atoms with Crippen LogP contribution in [0, 0.1) is 12.7 Å². The fourth-order valence-electron chi connectivity index (χ4n) is 1.57. The molecule has 0 saturated heterocycles. The molecular formula is C14H21FOS. The molecule has 1 aromatic carbocycles. The maximum absolute atomic E-state index is 13.1. The predicted molar refractivity (Wildman–Crippen MR) is 73.1 cm³/mol. The first-order valence-corrected chi connectivity index (χ1v) is 7.12. The molecule has 3 heteroatoms. The van der Waals surface area contributed by atoms with E-state index in [1.165, 1.54) is 12.1 Å². The van der Waals surface area contributed by atoms with Gasteiger partial charge in [-0.3, -0.25) is 0 Å². The Labute approximate surface area is 107 Å². The minimum atomic E-state index is -0.394. The van der Waals surface area contributed by atoms with E-state index in [4.69, 9.17) is 0 Å². The lowest BCUT2D eigenvalue weighted by Gasteiger charge is -2.14. The SMILES string of the molecule is CCC(C)SCC(O)Cc1cc(F)ccc1C. The number of thioether (sulfide) groups is 1. The van der Waals surface area contributed by atoms with Gasteiger partial charge < -0.3 is 5.11 Å². The molecule has 1 rings (SSSR count). The van der Waals surface area contributed by atoms with Crippen LogP contribution in [0.2, 0.25) is 0 Å². The number of aryl methyl sites for hydroxylation is 1. The van der Waals surface area contributed by atoms with Crippen LogP contribution < -0.4 is 0 Å². The van der Waals surface area contributed by atoms with Crippen molar-refractivity contribution in [2.24, 2.45) is 0 Å². The lowest BCUT2D eigenvalue weighted by molar-refractivity contribution is 0.199. The lowest BCUT2D eigenvalue weighted by Crippen LogP contribution is -2.16. The van der Waals surface area contributed by atoms with Crippen molar-refractivity contribution in [2.45, 2.75) is 45.0 Å². The first kappa shape index (κ1) is 14.5. The van der Waals surface area contributed by atoms with E-state index >= 15 is 0 Å². The average molecular weight is 256 g/mol. The Kier molecular flexibility index (Phi) is 6.00. The second-order valence-corrected chi connectivity index (χ2v) is 5.95. The third-order valence-electron chi connectivity index (χ3n) is 2.91. The zero-order chi connectivity index (χ0) is 12.8. The van der Waals surface area contributed by atoms with Crippen LogP contribution in [0.15, 0.2) is 18.2 Å². The summed E-state index contributed by atoms with van der Waals surface area (Å²) in [6, 6.07) is 4.74. The van der Waals surface area contributed by atoms with Gasteiger partial charge in [0.2, 0.25) is 0 Å². The van der Waals surface area contributed by atoms with Gasteiger partial charge in [-0.25, -0.2) is 4.39 Å². The molecule has 0 amide bonds. The molecule has 1 aromatic rings. The molecule has 0 aliphatic carbocycles. The molecule has 96 valence electrons. The van der Waals surface area contributed by atoms with Gasteiger partial charge in [-0.15, -0.1) is 0 Å². The van der Waals surface area contributed by atoms with Gasteiger partial charge in [0.25, 0.3) is 0 Å². The fraction of sp³-hybridized carbons (Fsp3) is 0.571. The molecule has 1 nitrogen and oxygen atoms in total. The van der Waals surface area contributed by atoms with E-state index in [0.717, 1.165) is 17.5 Å². The van der Waals surface area contributed by atoms with E-state index in [9.17, 15) is 9.50 Å². The van der Waals surface area contributed by atoms with E-state index in [1.54, 1.807) is 17.8 Å². The Morgan fingerprint density at radius 3 is 2.76 bits per heavy atom. The zero-order valence-corrected chi connectivity index (χ0v) is 11.6. The third kappa shape index (κ3) is 5.09. The van der Waals surface area contributed by atoms with Crippen LogP contribution in [0.5, 0.6) is 0 Å². The normalized spacial score (nSPS) is 14.6. The van der Waals surface area contributed by atoms with Crippen molar-refractivity contribution >= 4 is 11.8 Å². The first-order chi connectivity index (χ1) is 8.02. The third-order valence-corrected chi connectivity index (χ3v) is 4.39. The quantitative estimate of drug-likeness (QED) is 0.839. The van der Waals surface area contributed by atoms with Crippen molar-refractivity contribution in [1.29, 1.82) is 0 Å². The summed E-state index contributed by atoms with van der Waals surface area (Å²) in [7, 11) is 0. The molecule has 0 heterocycles. The molecule has 1 N–H and O–H groups in total. The molecule has 2 atom stereocenters. The maximum atomic E-state index is 13.1. The van der Waals surface area contributed by atoms with E-state index in [-0.39, 0.29) is 5.82 Å². The van der Waals surface area contributed by atoms with Gasteiger partial charge in [-0.1, -0.05) is 19.9 Å². The largest absolute Gasteiger partial charge is 0.392 e. The van der Waals surface area contributed by atoms with Gasteiger partial charge in [-0.05, 0) is 43.0 Å². The van der Waals surface area contributed by atoms with Crippen LogP contribution in [0.4, 0.5) is 4.39 Å². The van der Waals surface area contributed by atoms with E-state index in [0.29, 0.717) is 17.4 Å². The van der Waals surface area contributed by atoms with Crippen molar-refractivity contribution in [3.8, 4) is 0 Å². The molecular weight excluding hydrogens is 235 g/mol. The molecule has 0 saturated carbocycles. The minimum Gasteiger partial charge on any atom is -0.392 e. The second kappa shape index (κ2) is 7.02. The van der Waals surface area contributed by atoms with Crippen LogP contribution in [-0.4, -0.2) is 22.2 Å². The number of aliphatic hydroxyl groups excluding tert-OH is 1. The van der Waals surface area contributed by atoms with Crippen molar-refractivity contribution in [1.82, 2.24) is 0 Å². The standard InChI is InChI=1S/C14H21FOS/c1-4-11(3)17-9-14(16)8-12-7-13(15)6-5-10(12)2/h5-7,11,14,16H,4,8-9H2,1-3H3. The van der Waals surface area contributed by atoms with Crippen molar-refractivity contribution in [2.75, 3.05) is 5.75 Å². The molecule has 0 aliphatic rings. The van der Waals surface area contributed by atoms with Crippen LogP contribution in [0.1, 0.15) is 31.4 Å². The molecule has 2 unspecified atom stereocenters. The van der Waals surface area contributed by atoms with Gasteiger partial charge >= 0.3 is 0 Å². The summed E-state index contributed by atoms with van der Waals surface area (Å²) < 4.78 is 13.1. The number of hydrogen-bond acceptors (Lipinski definition) is 2. The summed E-state index contributed by atoms with van der Waals surface area (Å²) in [5.41, 5.74) is 1.95. The highest BCUT2D eigenvalue weighted by atomic mass is 32.2. The van der Waals surface area contributed by atoms with Crippen molar-refractivity contribution in [3.63, 3.8) is 0 Å². The number of aliphatic hydroxyl groups is 1. The van der Waals surface area contributed by atoms with E-state index < -0.39 is 6.10 Å². The molecule has 0 bridgehead atoms. The molecule has 0 spiro atoms. The lowest BCUT2D eigenvalue weighted by atomic mass is 10.0. The summed E-state index contributed by atoms with van der Waals surface area (Å²) in [5, 5.41) is 10.5. The number of benzene rings is 1. The molecule has 0 aromatic heterocycles. The van der Waals surface area contributed by atoms with Crippen molar-refractivity contribution in [3.05, 3.63) is 35.1 Å². The Balaban J connectivity index is 2.50. The highest BCUT2D eigenvalue weighted by molar-refractivity contribution is 7.99. The Morgan fingerprint density at radius 2 is 2.12 bits per heavy atom. The predicted octanol–water partition coefficient (Wildman–Crippen LogP) is 3.57. The minimum absolute atomic E-state index is 0.229. The fourth-order valence-corrected chi connectivity index (χ4v) is 2.47. The van der Waals surface area contributed by atoms with Crippen LogP contribution >= 0.6 is 11.8 Å². The molecule has 0 fully saturated rings. The van der Waals surface area contributed by atoms with E-state index in [2.05, 4.69) is 13.8 Å². The molecule has 17 heavy (non-hydrogen) atoms. The van der Waals surface area contributed by atoms with Gasteiger partial charge in [0.1, 0.15) is 5.82 Å². The summed E-state index contributed by atoms with van der Waals surface area (Å²) >= 11 is 1.77. The Morgan fingerprint density at radius 1 is 1.41 bits per heavy atom. The number of hydrogen-bond donors (Lipinski definition) is 1. The van der Waals surface area contributed by atoms with Crippen molar-refractivity contribution < 1.29 is 9.50 Å². The second-order valence-electron chi connectivity index (χ2n) is 4.48. The van der Waals surface area contributed by atoms with E-state index in [1.807, 2.05) is 6.92 Å². The van der Waals surface area contributed by atoms with Gasteiger partial charge in [0, 0.05) is 11.0 Å². The van der Waals surface area contributed by atoms with Crippen LogP contribution in [0.25, 0.3) is 0 Å². The van der Waals surface area contributed by atoms with Gasteiger partial charge in [0.15, 0.2) is 0 Å². The first-order valence-electron chi connectivity index (χ1n) is 6.07. The number of rotatable bonds is 6. The number of halogens is 1. The summed E-state index contributed by atoms with van der Waals surface area (Å²) in [6.07, 6.45) is 1.25. The molecule has 0 aliphatic heterocycles. The summed E-state index contributed by atoms with van der Waals surface area (Å²) in [4.78, 5) is 0. The zero-order valence-electron chi connectivity index (χ0n) is 10.7. The highest BCUT2D eigenvalue weighted by Gasteiger charge is 2.10. The molecule has 0 radical (unpaired) electrons. The summed E-state index contributed by atoms with van der Waals surface area (Å²) in [6.45, 7) is 6.24. The maximum Gasteiger partial charge on any atom is 0.123 e. The van der Waals surface area contributed by atoms with Crippen LogP contribution in [0.3, 0.4) is 0 Å². The average Bonchev–Trinajstić information content (AvgIpc) is 2.30. The van der Waals surface area contributed by atoms with Gasteiger partial charge in [0.05, 0.1) is 6.10 Å². The van der Waals surface area contributed by atoms with Crippen LogP contribution in [-0.2, 0) is 6.42 Å². The summed E-state index contributed by atoms with van der Waals surface area (Å²) in [5.74, 6) is 0.484. The van der Waals surface area contributed by atoms with Gasteiger partial charge in [-0.2, -0.15) is 11.8 Å².